The van der Waals surface area contributed by atoms with Crippen molar-refractivity contribution in [3.63, 3.8) is 0 Å². The van der Waals surface area contributed by atoms with Crippen LogP contribution in [0, 0.1) is 6.92 Å². The molecule has 2 aliphatic heterocycles. The summed E-state index contributed by atoms with van der Waals surface area (Å²) in [5.41, 5.74) is 1.45. The van der Waals surface area contributed by atoms with E-state index in [0.29, 0.717) is 25.3 Å². The molecule has 0 bridgehead atoms. The van der Waals surface area contributed by atoms with Gasteiger partial charge in [0.2, 0.25) is 0 Å². The number of thiazole rings is 1. The van der Waals surface area contributed by atoms with Crippen LogP contribution in [0.4, 0.5) is 0 Å². The molecule has 1 aromatic heterocycles. The van der Waals surface area contributed by atoms with Crippen LogP contribution in [0.15, 0.2) is 29.8 Å². The lowest BCUT2D eigenvalue weighted by Gasteiger charge is -2.49. The number of ether oxygens (including phenoxy) is 3. The number of hydrogen-bond acceptors (Lipinski definition) is 7. The van der Waals surface area contributed by atoms with Gasteiger partial charge in [0.15, 0.2) is 0 Å². The molecule has 2 fully saturated rings. The number of carbonyl (C=O) groups is 1. The van der Waals surface area contributed by atoms with Crippen molar-refractivity contribution in [3.05, 3.63) is 45.9 Å². The van der Waals surface area contributed by atoms with Gasteiger partial charge in [-0.2, -0.15) is 0 Å². The van der Waals surface area contributed by atoms with Gasteiger partial charge in [0.25, 0.3) is 5.91 Å². The van der Waals surface area contributed by atoms with Gasteiger partial charge >= 0.3 is 0 Å². The maximum Gasteiger partial charge on any atom is 0.253 e. The number of aromatic nitrogens is 1. The van der Waals surface area contributed by atoms with Gasteiger partial charge in [0.1, 0.15) is 10.8 Å². The van der Waals surface area contributed by atoms with Gasteiger partial charge < -0.3 is 19.1 Å². The third kappa shape index (κ3) is 5.93. The van der Waals surface area contributed by atoms with Crippen LogP contribution in [-0.2, 0) is 16.0 Å². The van der Waals surface area contributed by atoms with Crippen molar-refractivity contribution in [2.24, 2.45) is 0 Å². The first-order chi connectivity index (χ1) is 15.9. The SMILES string of the molecule is COCC1CN(Cc2nccs2)CC2(CCN(C(=O)c3ccc(OC(C)C)c(C)c3)CC2)O1. The molecule has 8 heteroatoms. The number of methoxy groups -OCH3 is 1. The molecule has 0 saturated carbocycles. The van der Waals surface area contributed by atoms with E-state index in [9.17, 15) is 4.79 Å². The predicted octanol–water partition coefficient (Wildman–Crippen LogP) is 3.76. The standard InChI is InChI=1S/C25H35N3O4S/c1-18(2)31-22-6-5-20(13-19(22)3)24(29)28-10-7-25(8-11-28)17-27(14-21(32-25)16-30-4)15-23-26-9-12-33-23/h5-6,9,12-13,18,21H,7-8,10-11,14-17H2,1-4H3. The molecule has 7 nitrogen and oxygen atoms in total. The van der Waals surface area contributed by atoms with Crippen LogP contribution in [0.5, 0.6) is 5.75 Å². The van der Waals surface area contributed by atoms with Crippen LogP contribution in [0.2, 0.25) is 0 Å². The summed E-state index contributed by atoms with van der Waals surface area (Å²) in [7, 11) is 1.72. The number of rotatable bonds is 7. The number of nitrogens with zero attached hydrogens (tertiary/aromatic N) is 3. The molecule has 0 N–H and O–H groups in total. The van der Waals surface area contributed by atoms with Crippen molar-refractivity contribution in [1.82, 2.24) is 14.8 Å². The van der Waals surface area contributed by atoms with E-state index >= 15 is 0 Å². The normalized spacial score (nSPS) is 21.0. The first-order valence-electron chi connectivity index (χ1n) is 11.7. The van der Waals surface area contributed by atoms with Gasteiger partial charge in [0.05, 0.1) is 31.0 Å². The van der Waals surface area contributed by atoms with E-state index in [1.165, 1.54) is 0 Å². The number of piperidine rings is 1. The van der Waals surface area contributed by atoms with Gasteiger partial charge in [0, 0.05) is 50.4 Å². The van der Waals surface area contributed by atoms with Crippen molar-refractivity contribution in [2.45, 2.75) is 58.0 Å². The number of aryl methyl sites for hydroxylation is 1. The smallest absolute Gasteiger partial charge is 0.253 e. The van der Waals surface area contributed by atoms with Crippen molar-refractivity contribution >= 4 is 17.2 Å². The fourth-order valence-electron chi connectivity index (χ4n) is 4.85. The molecule has 0 radical (unpaired) electrons. The minimum atomic E-state index is -0.250. The highest BCUT2D eigenvalue weighted by molar-refractivity contribution is 7.09. The Morgan fingerprint density at radius 1 is 1.33 bits per heavy atom. The highest BCUT2D eigenvalue weighted by atomic mass is 32.1. The fraction of sp³-hybridized carbons (Fsp3) is 0.600. The Hall–Kier alpha value is -2.00. The lowest BCUT2D eigenvalue weighted by molar-refractivity contribution is -0.186. The highest BCUT2D eigenvalue weighted by Crippen LogP contribution is 2.34. The van der Waals surface area contributed by atoms with Crippen LogP contribution in [-0.4, -0.2) is 78.4 Å². The van der Waals surface area contributed by atoms with Crippen molar-refractivity contribution in [1.29, 1.82) is 0 Å². The third-order valence-corrected chi connectivity index (χ3v) is 7.10. The monoisotopic (exact) mass is 473 g/mol. The molecule has 180 valence electrons. The summed E-state index contributed by atoms with van der Waals surface area (Å²) in [6.07, 6.45) is 3.64. The second kappa shape index (κ2) is 10.5. The summed E-state index contributed by atoms with van der Waals surface area (Å²) in [6, 6.07) is 5.72. The minimum absolute atomic E-state index is 0.0297. The number of hydrogen-bond donors (Lipinski definition) is 0. The Bertz CT molecular complexity index is 926. The van der Waals surface area contributed by atoms with Crippen molar-refractivity contribution in [3.8, 4) is 5.75 Å². The number of likely N-dealkylation sites (tertiary alicyclic amines) is 1. The van der Waals surface area contributed by atoms with Crippen LogP contribution in [0.1, 0.15) is 47.6 Å². The molecule has 0 aliphatic carbocycles. The Morgan fingerprint density at radius 2 is 2.12 bits per heavy atom. The molecular weight excluding hydrogens is 438 g/mol. The molecule has 2 aromatic rings. The number of carbonyl (C=O) groups excluding carboxylic acids is 1. The molecule has 2 aliphatic rings. The largest absolute Gasteiger partial charge is 0.491 e. The molecule has 33 heavy (non-hydrogen) atoms. The van der Waals surface area contributed by atoms with Gasteiger partial charge in [-0.1, -0.05) is 0 Å². The van der Waals surface area contributed by atoms with E-state index in [1.807, 2.05) is 55.4 Å². The van der Waals surface area contributed by atoms with Gasteiger partial charge in [-0.15, -0.1) is 11.3 Å². The molecule has 1 unspecified atom stereocenters. The Morgan fingerprint density at radius 3 is 2.76 bits per heavy atom. The number of morpholine rings is 1. The second-order valence-electron chi connectivity index (χ2n) is 9.41. The van der Waals surface area contributed by atoms with Gasteiger partial charge in [-0.3, -0.25) is 9.69 Å². The van der Waals surface area contributed by atoms with E-state index in [1.54, 1.807) is 18.4 Å². The number of amides is 1. The number of benzene rings is 1. The summed E-state index contributed by atoms with van der Waals surface area (Å²) < 4.78 is 17.8. The van der Waals surface area contributed by atoms with Gasteiger partial charge in [-0.05, 0) is 57.4 Å². The van der Waals surface area contributed by atoms with Crippen molar-refractivity contribution in [2.75, 3.05) is 39.9 Å². The lowest BCUT2D eigenvalue weighted by atomic mass is 9.88. The summed E-state index contributed by atoms with van der Waals surface area (Å²) in [5.74, 6) is 0.909. The zero-order valence-corrected chi connectivity index (χ0v) is 20.9. The van der Waals surface area contributed by atoms with E-state index in [-0.39, 0.29) is 23.7 Å². The average molecular weight is 474 g/mol. The fourth-order valence-corrected chi connectivity index (χ4v) is 5.51. The third-order valence-electron chi connectivity index (χ3n) is 6.33. The first-order valence-corrected chi connectivity index (χ1v) is 12.6. The highest BCUT2D eigenvalue weighted by Gasteiger charge is 2.43. The van der Waals surface area contributed by atoms with E-state index in [4.69, 9.17) is 14.2 Å². The lowest BCUT2D eigenvalue weighted by Crippen LogP contribution is -2.60. The van der Waals surface area contributed by atoms with E-state index < -0.39 is 0 Å². The predicted molar refractivity (Wildman–Crippen MR) is 129 cm³/mol. The summed E-state index contributed by atoms with van der Waals surface area (Å²) in [5, 5.41) is 3.14. The van der Waals surface area contributed by atoms with Crippen LogP contribution in [0.3, 0.4) is 0 Å². The Kier molecular flexibility index (Phi) is 7.69. The Labute approximate surface area is 200 Å². The maximum absolute atomic E-state index is 13.2. The maximum atomic E-state index is 13.2. The van der Waals surface area contributed by atoms with E-state index in [0.717, 1.165) is 48.8 Å². The summed E-state index contributed by atoms with van der Waals surface area (Å²) >= 11 is 1.69. The van der Waals surface area contributed by atoms with Gasteiger partial charge in [-0.25, -0.2) is 4.98 Å². The topological polar surface area (TPSA) is 64.1 Å². The van der Waals surface area contributed by atoms with Crippen LogP contribution in [0.25, 0.3) is 0 Å². The second-order valence-corrected chi connectivity index (χ2v) is 10.4. The molecule has 1 amide bonds. The molecule has 3 heterocycles. The molecule has 1 aromatic carbocycles. The molecule has 4 rings (SSSR count). The van der Waals surface area contributed by atoms with Crippen LogP contribution < -0.4 is 4.74 Å². The zero-order chi connectivity index (χ0) is 23.4. The van der Waals surface area contributed by atoms with Crippen molar-refractivity contribution < 1.29 is 19.0 Å². The zero-order valence-electron chi connectivity index (χ0n) is 20.1. The quantitative estimate of drug-likeness (QED) is 0.610. The molecular formula is C25H35N3O4S. The minimum Gasteiger partial charge on any atom is -0.491 e. The van der Waals surface area contributed by atoms with Crippen LogP contribution >= 0.6 is 11.3 Å². The van der Waals surface area contributed by atoms with E-state index in [2.05, 4.69) is 9.88 Å². The first kappa shape index (κ1) is 24.1. The summed E-state index contributed by atoms with van der Waals surface area (Å²) in [6.45, 7) is 10.5. The molecule has 1 spiro atoms. The Balaban J connectivity index is 1.40. The molecule has 1 atom stereocenters. The summed E-state index contributed by atoms with van der Waals surface area (Å²) in [4.78, 5) is 22.0. The molecule has 2 saturated heterocycles. The average Bonchev–Trinajstić information content (AvgIpc) is 3.28.